The van der Waals surface area contributed by atoms with E-state index in [9.17, 15) is 0 Å². The minimum Gasteiger partial charge on any atom is -0.370 e. The van der Waals surface area contributed by atoms with E-state index in [-0.39, 0.29) is 5.60 Å². The van der Waals surface area contributed by atoms with Gasteiger partial charge >= 0.3 is 0 Å². The lowest BCUT2D eigenvalue weighted by Gasteiger charge is -2.35. The SMILES string of the molecule is COC1(c2nsc(I)n2)CCC(C)CC1. The fourth-order valence-corrected chi connectivity index (χ4v) is 3.16. The van der Waals surface area contributed by atoms with Crippen LogP contribution in [0.25, 0.3) is 0 Å². The highest BCUT2D eigenvalue weighted by Gasteiger charge is 2.39. The highest BCUT2D eigenvalue weighted by atomic mass is 127. The molecule has 0 radical (unpaired) electrons. The van der Waals surface area contributed by atoms with Crippen LogP contribution >= 0.6 is 34.1 Å². The third-order valence-corrected chi connectivity index (χ3v) is 4.62. The predicted molar refractivity (Wildman–Crippen MR) is 68.9 cm³/mol. The number of nitrogens with zero attached hydrogens (tertiary/aromatic N) is 2. The maximum atomic E-state index is 5.70. The first-order valence-corrected chi connectivity index (χ1v) is 7.06. The Morgan fingerprint density at radius 3 is 2.60 bits per heavy atom. The highest BCUT2D eigenvalue weighted by molar-refractivity contribution is 14.1. The van der Waals surface area contributed by atoms with Crippen molar-refractivity contribution >= 4 is 34.1 Å². The molecule has 1 aromatic heterocycles. The number of methoxy groups -OCH3 is 1. The van der Waals surface area contributed by atoms with Gasteiger partial charge in [-0.1, -0.05) is 6.92 Å². The molecular weight excluding hydrogens is 323 g/mol. The molecule has 0 saturated heterocycles. The van der Waals surface area contributed by atoms with Crippen molar-refractivity contribution in [3.8, 4) is 0 Å². The van der Waals surface area contributed by atoms with Crippen LogP contribution in [0.1, 0.15) is 38.4 Å². The second-order valence-corrected chi connectivity index (χ2v) is 6.76. The fourth-order valence-electron chi connectivity index (χ4n) is 2.14. The zero-order chi connectivity index (χ0) is 10.9. The predicted octanol–water partition coefficient (Wildman–Crippen LogP) is 3.19. The van der Waals surface area contributed by atoms with Crippen molar-refractivity contribution in [2.75, 3.05) is 7.11 Å². The van der Waals surface area contributed by atoms with Crippen LogP contribution in [-0.4, -0.2) is 16.5 Å². The van der Waals surface area contributed by atoms with E-state index in [1.807, 2.05) is 0 Å². The quantitative estimate of drug-likeness (QED) is 0.777. The molecule has 0 amide bonds. The van der Waals surface area contributed by atoms with E-state index >= 15 is 0 Å². The van der Waals surface area contributed by atoms with Crippen molar-refractivity contribution in [3.63, 3.8) is 0 Å². The van der Waals surface area contributed by atoms with Gasteiger partial charge < -0.3 is 4.74 Å². The summed E-state index contributed by atoms with van der Waals surface area (Å²) >= 11 is 3.67. The van der Waals surface area contributed by atoms with Gasteiger partial charge in [-0.25, -0.2) is 4.98 Å². The highest BCUT2D eigenvalue weighted by Crippen LogP contribution is 2.41. The summed E-state index contributed by atoms with van der Waals surface area (Å²) in [6, 6.07) is 0. The van der Waals surface area contributed by atoms with Crippen LogP contribution in [0.2, 0.25) is 0 Å². The number of halogens is 1. The van der Waals surface area contributed by atoms with Gasteiger partial charge in [0.25, 0.3) is 0 Å². The van der Waals surface area contributed by atoms with E-state index in [1.54, 1.807) is 7.11 Å². The average Bonchev–Trinajstić information content (AvgIpc) is 2.67. The lowest BCUT2D eigenvalue weighted by molar-refractivity contribution is -0.0589. The molecular formula is C10H15IN2OS. The van der Waals surface area contributed by atoms with Gasteiger partial charge in [-0.3, -0.25) is 0 Å². The Morgan fingerprint density at radius 2 is 2.13 bits per heavy atom. The van der Waals surface area contributed by atoms with Crippen LogP contribution in [0.3, 0.4) is 0 Å². The molecule has 0 spiro atoms. The Hall–Kier alpha value is 0.250. The molecule has 0 unspecified atom stereocenters. The minimum absolute atomic E-state index is 0.202. The monoisotopic (exact) mass is 338 g/mol. The standard InChI is InChI=1S/C10H15IN2OS/c1-7-3-5-10(14-2,6-4-7)8-12-9(11)15-13-8/h7H,3-6H2,1-2H3. The van der Waals surface area contributed by atoms with Gasteiger partial charge in [-0.05, 0) is 65.7 Å². The van der Waals surface area contributed by atoms with Crippen molar-refractivity contribution in [3.05, 3.63) is 8.84 Å². The molecule has 3 nitrogen and oxygen atoms in total. The van der Waals surface area contributed by atoms with Gasteiger partial charge in [0.1, 0.15) is 5.60 Å². The Morgan fingerprint density at radius 1 is 1.47 bits per heavy atom. The van der Waals surface area contributed by atoms with E-state index in [2.05, 4.69) is 38.9 Å². The van der Waals surface area contributed by atoms with E-state index in [1.165, 1.54) is 24.4 Å². The molecule has 1 fully saturated rings. The molecule has 84 valence electrons. The number of hydrogen-bond donors (Lipinski definition) is 0. The van der Waals surface area contributed by atoms with Crippen LogP contribution in [0, 0.1) is 8.93 Å². The Bertz CT molecular complexity index is 334. The summed E-state index contributed by atoms with van der Waals surface area (Å²) < 4.78 is 11.1. The van der Waals surface area contributed by atoms with Crippen LogP contribution < -0.4 is 0 Å². The lowest BCUT2D eigenvalue weighted by atomic mass is 9.79. The van der Waals surface area contributed by atoms with E-state index in [4.69, 9.17) is 4.74 Å². The largest absolute Gasteiger partial charge is 0.370 e. The van der Waals surface area contributed by atoms with Gasteiger partial charge in [0, 0.05) is 7.11 Å². The second-order valence-electron chi connectivity index (χ2n) is 4.25. The first-order valence-electron chi connectivity index (χ1n) is 5.21. The average molecular weight is 338 g/mol. The smallest absolute Gasteiger partial charge is 0.175 e. The molecule has 1 heterocycles. The van der Waals surface area contributed by atoms with E-state index in [0.29, 0.717) is 0 Å². The van der Waals surface area contributed by atoms with Gasteiger partial charge in [-0.15, -0.1) is 0 Å². The Balaban J connectivity index is 2.22. The van der Waals surface area contributed by atoms with Gasteiger partial charge in [0.15, 0.2) is 8.84 Å². The third-order valence-electron chi connectivity index (χ3n) is 3.28. The summed E-state index contributed by atoms with van der Waals surface area (Å²) in [4.78, 5) is 4.47. The fraction of sp³-hybridized carbons (Fsp3) is 0.800. The summed E-state index contributed by atoms with van der Waals surface area (Å²) in [7, 11) is 1.78. The Kier molecular flexibility index (Phi) is 3.62. The molecule has 1 saturated carbocycles. The molecule has 15 heavy (non-hydrogen) atoms. The normalized spacial score (nSPS) is 31.8. The molecule has 0 N–H and O–H groups in total. The van der Waals surface area contributed by atoms with Crippen molar-refractivity contribution < 1.29 is 4.74 Å². The molecule has 0 aliphatic heterocycles. The van der Waals surface area contributed by atoms with E-state index < -0.39 is 0 Å². The Labute approximate surface area is 108 Å². The number of hydrogen-bond acceptors (Lipinski definition) is 4. The van der Waals surface area contributed by atoms with Crippen molar-refractivity contribution in [2.24, 2.45) is 5.92 Å². The molecule has 0 aromatic carbocycles. The molecule has 5 heteroatoms. The van der Waals surface area contributed by atoms with Crippen molar-refractivity contribution in [1.29, 1.82) is 0 Å². The first-order chi connectivity index (χ1) is 7.16. The first kappa shape index (κ1) is 11.7. The van der Waals surface area contributed by atoms with Crippen molar-refractivity contribution in [1.82, 2.24) is 9.36 Å². The van der Waals surface area contributed by atoms with Gasteiger partial charge in [-0.2, -0.15) is 4.37 Å². The molecule has 1 aromatic rings. The summed E-state index contributed by atoms with van der Waals surface area (Å²) in [5.41, 5.74) is -0.202. The molecule has 2 rings (SSSR count). The minimum atomic E-state index is -0.202. The van der Waals surface area contributed by atoms with Gasteiger partial charge in [0.2, 0.25) is 0 Å². The second kappa shape index (κ2) is 4.63. The maximum Gasteiger partial charge on any atom is 0.175 e. The van der Waals surface area contributed by atoms with Crippen molar-refractivity contribution in [2.45, 2.75) is 38.2 Å². The number of ether oxygens (including phenoxy) is 1. The van der Waals surface area contributed by atoms with Crippen LogP contribution in [0.4, 0.5) is 0 Å². The molecule has 1 aliphatic carbocycles. The summed E-state index contributed by atoms with van der Waals surface area (Å²) in [6.45, 7) is 2.30. The zero-order valence-corrected chi connectivity index (χ0v) is 12.0. The molecule has 0 atom stereocenters. The topological polar surface area (TPSA) is 35.0 Å². The maximum absolute atomic E-state index is 5.70. The third kappa shape index (κ3) is 2.34. The lowest BCUT2D eigenvalue weighted by Crippen LogP contribution is -2.34. The summed E-state index contributed by atoms with van der Waals surface area (Å²) in [5.74, 6) is 1.71. The number of aromatic nitrogens is 2. The molecule has 1 aliphatic rings. The zero-order valence-electron chi connectivity index (χ0n) is 8.99. The van der Waals surface area contributed by atoms with E-state index in [0.717, 1.165) is 27.6 Å². The van der Waals surface area contributed by atoms with Crippen LogP contribution in [0.5, 0.6) is 0 Å². The van der Waals surface area contributed by atoms with Crippen LogP contribution in [-0.2, 0) is 10.3 Å². The molecule has 0 bridgehead atoms. The van der Waals surface area contributed by atoms with Crippen LogP contribution in [0.15, 0.2) is 0 Å². The van der Waals surface area contributed by atoms with Gasteiger partial charge in [0.05, 0.1) is 0 Å². The number of rotatable bonds is 2. The summed E-state index contributed by atoms with van der Waals surface area (Å²) in [5, 5.41) is 0. The summed E-state index contributed by atoms with van der Waals surface area (Å²) in [6.07, 6.45) is 4.53.